The number of hydrogen-bond acceptors (Lipinski definition) is 9. The Bertz CT molecular complexity index is 1030. The number of nitrogens with zero attached hydrogens (tertiary/aromatic N) is 4. The van der Waals surface area contributed by atoms with Gasteiger partial charge in [-0.05, 0) is 25.5 Å². The van der Waals surface area contributed by atoms with Gasteiger partial charge in [0.15, 0.2) is 6.19 Å². The van der Waals surface area contributed by atoms with Crippen LogP contribution in [0, 0.1) is 29.7 Å². The molecule has 9 nitrogen and oxygen atoms in total. The highest BCUT2D eigenvalue weighted by Gasteiger charge is 2.31. The standard InChI is InChI=1S/C19H20N8O/c1-3-6-28-13-5-4-10(2)7-11(13)16-14-15(22)12(8-20)17(23)26-18(14)27-19(25-16)24-9-21/h4-5,7,16H,3,6H2,1-2H3,(H6,22,23,24,25,26,27). The number of nitrogens with two attached hydrogens (primary N) is 2. The van der Waals surface area contributed by atoms with Crippen molar-refractivity contribution in [2.45, 2.75) is 26.3 Å². The average molecular weight is 376 g/mol. The van der Waals surface area contributed by atoms with Crippen LogP contribution in [-0.4, -0.2) is 17.6 Å². The maximum atomic E-state index is 9.42. The quantitative estimate of drug-likeness (QED) is 0.467. The van der Waals surface area contributed by atoms with Crippen LogP contribution < -0.4 is 26.8 Å². The average Bonchev–Trinajstić information content (AvgIpc) is 2.66. The van der Waals surface area contributed by atoms with Crippen LogP contribution in [0.2, 0.25) is 0 Å². The molecule has 2 aromatic rings. The normalized spacial score (nSPS) is 14.7. The number of nitrogen functional groups attached to an aromatic ring is 2. The van der Waals surface area contributed by atoms with E-state index in [1.165, 1.54) is 0 Å². The SMILES string of the molecule is CCCOc1ccc(C)cc1C1N=C(NC#N)Nc2nc(N)c(C#N)c(N)c21. The zero-order valence-electron chi connectivity index (χ0n) is 15.6. The monoisotopic (exact) mass is 376 g/mol. The number of rotatable bonds is 4. The Labute approximate surface area is 162 Å². The number of fused-ring (bicyclic) bond motifs is 1. The fraction of sp³-hybridized carbons (Fsp3) is 0.263. The first-order valence-corrected chi connectivity index (χ1v) is 8.72. The Morgan fingerprint density at radius 3 is 2.79 bits per heavy atom. The number of nitriles is 2. The first-order valence-electron chi connectivity index (χ1n) is 8.72. The Morgan fingerprint density at radius 1 is 1.32 bits per heavy atom. The largest absolute Gasteiger partial charge is 0.493 e. The van der Waals surface area contributed by atoms with Gasteiger partial charge in [-0.2, -0.15) is 10.5 Å². The van der Waals surface area contributed by atoms with Crippen molar-refractivity contribution in [1.29, 1.82) is 10.5 Å². The van der Waals surface area contributed by atoms with Crippen LogP contribution in [0.25, 0.3) is 0 Å². The molecule has 0 saturated heterocycles. The van der Waals surface area contributed by atoms with Gasteiger partial charge in [-0.1, -0.05) is 18.6 Å². The van der Waals surface area contributed by atoms with Crippen molar-refractivity contribution in [2.75, 3.05) is 23.4 Å². The minimum absolute atomic E-state index is 0.00917. The lowest BCUT2D eigenvalue weighted by Gasteiger charge is -2.27. The molecule has 0 amide bonds. The molecule has 142 valence electrons. The number of aromatic nitrogens is 1. The van der Waals surface area contributed by atoms with E-state index >= 15 is 0 Å². The molecule has 28 heavy (non-hydrogen) atoms. The summed E-state index contributed by atoms with van der Waals surface area (Å²) in [4.78, 5) is 8.84. The predicted octanol–water partition coefficient (Wildman–Crippen LogP) is 2.16. The number of ether oxygens (including phenoxy) is 1. The van der Waals surface area contributed by atoms with E-state index in [1.54, 1.807) is 0 Å². The van der Waals surface area contributed by atoms with Gasteiger partial charge in [0.1, 0.15) is 35.1 Å². The first kappa shape index (κ1) is 18.8. The number of guanidine groups is 1. The summed E-state index contributed by atoms with van der Waals surface area (Å²) in [5.74, 6) is 1.21. The Hall–Kier alpha value is -3.98. The highest BCUT2D eigenvalue weighted by molar-refractivity contribution is 5.98. The maximum Gasteiger partial charge on any atom is 0.211 e. The number of aryl methyl sites for hydroxylation is 1. The summed E-state index contributed by atoms with van der Waals surface area (Å²) in [6.07, 6.45) is 2.68. The summed E-state index contributed by atoms with van der Waals surface area (Å²) in [5.41, 5.74) is 14.7. The molecule has 1 aromatic carbocycles. The molecule has 6 N–H and O–H groups in total. The Morgan fingerprint density at radius 2 is 2.11 bits per heavy atom. The van der Waals surface area contributed by atoms with Gasteiger partial charge in [0.05, 0.1) is 12.3 Å². The summed E-state index contributed by atoms with van der Waals surface area (Å²) in [6, 6.07) is 7.13. The molecule has 1 aliphatic rings. The van der Waals surface area contributed by atoms with Gasteiger partial charge < -0.3 is 21.5 Å². The molecule has 0 aliphatic carbocycles. The third-order valence-corrected chi connectivity index (χ3v) is 4.28. The highest BCUT2D eigenvalue weighted by Crippen LogP contribution is 2.43. The minimum atomic E-state index is -0.626. The van der Waals surface area contributed by atoms with Gasteiger partial charge in [0.2, 0.25) is 5.96 Å². The van der Waals surface area contributed by atoms with Crippen LogP contribution in [0.5, 0.6) is 5.75 Å². The predicted molar refractivity (Wildman–Crippen MR) is 106 cm³/mol. The second kappa shape index (κ2) is 7.72. The Balaban J connectivity index is 2.25. The first-order chi connectivity index (χ1) is 13.5. The number of pyridine rings is 1. The Kier molecular flexibility index (Phi) is 5.18. The van der Waals surface area contributed by atoms with E-state index in [9.17, 15) is 5.26 Å². The van der Waals surface area contributed by atoms with Gasteiger partial charge >= 0.3 is 0 Å². The van der Waals surface area contributed by atoms with Crippen LogP contribution in [0.15, 0.2) is 23.2 Å². The zero-order valence-corrected chi connectivity index (χ0v) is 15.6. The van der Waals surface area contributed by atoms with E-state index in [0.717, 1.165) is 17.5 Å². The van der Waals surface area contributed by atoms with Gasteiger partial charge in [0.25, 0.3) is 0 Å². The molecule has 1 atom stereocenters. The lowest BCUT2D eigenvalue weighted by molar-refractivity contribution is 0.313. The molecule has 1 aliphatic heterocycles. The zero-order chi connectivity index (χ0) is 20.3. The van der Waals surface area contributed by atoms with Gasteiger partial charge in [-0.3, -0.25) is 5.32 Å². The van der Waals surface area contributed by atoms with E-state index in [0.29, 0.717) is 23.7 Å². The molecule has 2 heterocycles. The van der Waals surface area contributed by atoms with Gasteiger partial charge in [0, 0.05) is 11.1 Å². The van der Waals surface area contributed by atoms with Crippen LogP contribution >= 0.6 is 0 Å². The summed E-state index contributed by atoms with van der Waals surface area (Å²) in [6.45, 7) is 4.52. The molecular weight excluding hydrogens is 356 g/mol. The van der Waals surface area contributed by atoms with Crippen molar-refractivity contribution in [3.8, 4) is 18.0 Å². The molecule has 0 radical (unpaired) electrons. The number of hydrogen-bond donors (Lipinski definition) is 4. The number of benzene rings is 1. The number of nitrogens with one attached hydrogen (secondary N) is 2. The minimum Gasteiger partial charge on any atom is -0.493 e. The van der Waals surface area contributed by atoms with Crippen molar-refractivity contribution < 1.29 is 4.74 Å². The second-order valence-electron chi connectivity index (χ2n) is 6.29. The van der Waals surface area contributed by atoms with Crippen molar-refractivity contribution in [1.82, 2.24) is 10.3 Å². The molecule has 0 spiro atoms. The van der Waals surface area contributed by atoms with Gasteiger partial charge in [-0.25, -0.2) is 9.98 Å². The molecular formula is C19H20N8O. The van der Waals surface area contributed by atoms with Crippen LogP contribution in [0.1, 0.15) is 41.6 Å². The summed E-state index contributed by atoms with van der Waals surface area (Å²) < 4.78 is 5.90. The van der Waals surface area contributed by atoms with Crippen LogP contribution in [0.4, 0.5) is 17.3 Å². The van der Waals surface area contributed by atoms with E-state index in [-0.39, 0.29) is 23.0 Å². The van der Waals surface area contributed by atoms with E-state index in [2.05, 4.69) is 20.6 Å². The summed E-state index contributed by atoms with van der Waals surface area (Å²) in [5, 5.41) is 23.8. The molecule has 0 bridgehead atoms. The molecule has 0 saturated carbocycles. The topological polar surface area (TPSA) is 158 Å². The van der Waals surface area contributed by atoms with E-state index in [4.69, 9.17) is 21.5 Å². The summed E-state index contributed by atoms with van der Waals surface area (Å²) >= 11 is 0. The van der Waals surface area contributed by atoms with Gasteiger partial charge in [-0.15, -0.1) is 0 Å². The van der Waals surface area contributed by atoms with Crippen LogP contribution in [-0.2, 0) is 0 Å². The van der Waals surface area contributed by atoms with E-state index < -0.39 is 6.04 Å². The van der Waals surface area contributed by atoms with Crippen molar-refractivity contribution in [2.24, 2.45) is 4.99 Å². The smallest absolute Gasteiger partial charge is 0.211 e. The van der Waals surface area contributed by atoms with Crippen molar-refractivity contribution in [3.05, 3.63) is 40.5 Å². The lowest BCUT2D eigenvalue weighted by atomic mass is 9.93. The number of anilines is 3. The van der Waals surface area contributed by atoms with E-state index in [1.807, 2.05) is 44.3 Å². The molecule has 3 rings (SSSR count). The summed E-state index contributed by atoms with van der Waals surface area (Å²) in [7, 11) is 0. The fourth-order valence-electron chi connectivity index (χ4n) is 3.03. The second-order valence-corrected chi connectivity index (χ2v) is 6.29. The molecule has 0 fully saturated rings. The number of aliphatic imine (C=N–C) groups is 1. The fourth-order valence-corrected chi connectivity index (χ4v) is 3.03. The highest BCUT2D eigenvalue weighted by atomic mass is 16.5. The molecule has 9 heteroatoms. The molecule has 1 aromatic heterocycles. The maximum absolute atomic E-state index is 9.42. The lowest BCUT2D eigenvalue weighted by Crippen LogP contribution is -2.33. The van der Waals surface area contributed by atoms with Crippen LogP contribution in [0.3, 0.4) is 0 Å². The third-order valence-electron chi connectivity index (χ3n) is 4.28. The third kappa shape index (κ3) is 3.33. The van der Waals surface area contributed by atoms with Crippen molar-refractivity contribution >= 4 is 23.3 Å². The molecule has 1 unspecified atom stereocenters. The van der Waals surface area contributed by atoms with Crippen molar-refractivity contribution in [3.63, 3.8) is 0 Å².